The fourth-order valence-electron chi connectivity index (χ4n) is 4.36. The Bertz CT molecular complexity index is 640. The number of hydrogen-bond acceptors (Lipinski definition) is 7. The van der Waals surface area contributed by atoms with E-state index in [0.29, 0.717) is 25.7 Å². The summed E-state index contributed by atoms with van der Waals surface area (Å²) in [5.74, 6) is 0.816. The molecule has 0 aromatic carbocycles. The molecule has 2 aliphatic heterocycles. The Morgan fingerprint density at radius 1 is 1.14 bits per heavy atom. The molecule has 2 rings (SSSR count). The van der Waals surface area contributed by atoms with E-state index in [2.05, 4.69) is 73.1 Å². The molecule has 7 nitrogen and oxygen atoms in total. The molecule has 0 aromatic heterocycles. The van der Waals surface area contributed by atoms with Crippen LogP contribution in [0.5, 0.6) is 0 Å². The highest BCUT2D eigenvalue weighted by molar-refractivity contribution is 5.94. The Morgan fingerprint density at radius 2 is 1.72 bits per heavy atom. The number of hydrogen-bond donors (Lipinski definition) is 2. The second-order valence-electron chi connectivity index (χ2n) is 9.05. The maximum absolute atomic E-state index is 5.65. The van der Waals surface area contributed by atoms with Crippen molar-refractivity contribution in [2.24, 2.45) is 9.98 Å². The summed E-state index contributed by atoms with van der Waals surface area (Å²) in [7, 11) is 0. The Balaban J connectivity index is 2.29. The zero-order valence-electron chi connectivity index (χ0n) is 18.7. The Kier molecular flexibility index (Phi) is 7.80. The molecule has 29 heavy (non-hydrogen) atoms. The number of nitrogens with one attached hydrogen (secondary N) is 2. The number of rotatable bonds is 9. The molecular weight excluding hydrogens is 364 g/mol. The lowest BCUT2D eigenvalue weighted by Crippen LogP contribution is -2.66. The molecule has 2 aliphatic rings. The molecule has 0 radical (unpaired) electrons. The third-order valence-electron chi connectivity index (χ3n) is 4.96. The number of ether oxygens (including phenoxy) is 1. The van der Waals surface area contributed by atoms with Gasteiger partial charge in [-0.15, -0.1) is 13.2 Å². The maximum Gasteiger partial charge on any atom is 0.317 e. The van der Waals surface area contributed by atoms with Gasteiger partial charge in [0.15, 0.2) is 6.29 Å². The van der Waals surface area contributed by atoms with Crippen LogP contribution in [0, 0.1) is 0 Å². The normalized spacial score (nSPS) is 23.9. The van der Waals surface area contributed by atoms with Gasteiger partial charge in [0.2, 0.25) is 0 Å². The second-order valence-corrected chi connectivity index (χ2v) is 9.05. The van der Waals surface area contributed by atoms with E-state index in [0.717, 1.165) is 18.7 Å². The van der Waals surface area contributed by atoms with Crippen molar-refractivity contribution in [2.75, 3.05) is 19.7 Å². The number of hydrazine groups is 1. The second kappa shape index (κ2) is 9.69. The first-order valence-electron chi connectivity index (χ1n) is 10.3. The minimum atomic E-state index is -0.301. The van der Waals surface area contributed by atoms with Gasteiger partial charge in [-0.25, -0.2) is 5.43 Å². The molecule has 0 saturated carbocycles. The standard InChI is InChI=1S/C22H38N6O/c1-9-12-27(13-10-2)20-24-19(29-14-11-3)23-17(4)28(20)25-18-15-21(5,6)26-22(7,8)16-18/h9-11,18,20,25-26H,1-3,12-16H2,4-8H3. The van der Waals surface area contributed by atoms with Gasteiger partial charge in [0, 0.05) is 30.2 Å². The van der Waals surface area contributed by atoms with E-state index in [1.165, 1.54) is 0 Å². The summed E-state index contributed by atoms with van der Waals surface area (Å²) in [6.07, 6.45) is 7.14. The Hall–Kier alpha value is -1.96. The van der Waals surface area contributed by atoms with Gasteiger partial charge in [-0.05, 0) is 47.5 Å². The third kappa shape index (κ3) is 6.52. The van der Waals surface area contributed by atoms with Gasteiger partial charge in [-0.2, -0.15) is 9.98 Å². The quantitative estimate of drug-likeness (QED) is 0.581. The van der Waals surface area contributed by atoms with Crippen LogP contribution in [0.3, 0.4) is 0 Å². The van der Waals surface area contributed by atoms with Crippen molar-refractivity contribution in [3.05, 3.63) is 38.0 Å². The fraction of sp³-hybridized carbons (Fsp3) is 0.636. The molecule has 0 aliphatic carbocycles. The van der Waals surface area contributed by atoms with Crippen molar-refractivity contribution in [2.45, 2.75) is 70.9 Å². The third-order valence-corrected chi connectivity index (χ3v) is 4.96. The van der Waals surface area contributed by atoms with Crippen LogP contribution in [0.2, 0.25) is 0 Å². The van der Waals surface area contributed by atoms with E-state index in [-0.39, 0.29) is 23.4 Å². The Morgan fingerprint density at radius 3 is 2.24 bits per heavy atom. The van der Waals surface area contributed by atoms with Crippen LogP contribution >= 0.6 is 0 Å². The van der Waals surface area contributed by atoms with Gasteiger partial charge in [-0.1, -0.05) is 24.8 Å². The van der Waals surface area contributed by atoms with E-state index < -0.39 is 0 Å². The van der Waals surface area contributed by atoms with Gasteiger partial charge < -0.3 is 10.1 Å². The van der Waals surface area contributed by atoms with Crippen molar-refractivity contribution in [1.29, 1.82) is 0 Å². The fourth-order valence-corrected chi connectivity index (χ4v) is 4.36. The maximum atomic E-state index is 5.65. The van der Waals surface area contributed by atoms with Gasteiger partial charge in [0.1, 0.15) is 12.4 Å². The SMILES string of the molecule is C=CCOC1=NC(N(CC=C)CC=C)N(NC2CC(C)(C)NC(C)(C)C2)C(C)=N1. The molecule has 1 unspecified atom stereocenters. The number of aliphatic imine (C=N–C) groups is 2. The molecule has 0 amide bonds. The predicted molar refractivity (Wildman–Crippen MR) is 122 cm³/mol. The number of amidine groups is 2. The summed E-state index contributed by atoms with van der Waals surface area (Å²) >= 11 is 0. The predicted octanol–water partition coefficient (Wildman–Crippen LogP) is 3.05. The first-order valence-corrected chi connectivity index (χ1v) is 10.3. The first-order chi connectivity index (χ1) is 13.6. The highest BCUT2D eigenvalue weighted by Crippen LogP contribution is 2.29. The van der Waals surface area contributed by atoms with E-state index in [9.17, 15) is 0 Å². The number of nitrogens with zero attached hydrogens (tertiary/aromatic N) is 4. The van der Waals surface area contributed by atoms with Crippen LogP contribution in [0.15, 0.2) is 47.9 Å². The zero-order chi connectivity index (χ0) is 21.7. The zero-order valence-corrected chi connectivity index (χ0v) is 18.7. The molecule has 1 fully saturated rings. The van der Waals surface area contributed by atoms with E-state index in [4.69, 9.17) is 9.73 Å². The van der Waals surface area contributed by atoms with Gasteiger partial charge in [-0.3, -0.25) is 9.91 Å². The molecule has 7 heteroatoms. The van der Waals surface area contributed by atoms with E-state index >= 15 is 0 Å². The summed E-state index contributed by atoms with van der Waals surface area (Å²) in [6.45, 7) is 24.2. The van der Waals surface area contributed by atoms with Crippen LogP contribution in [-0.4, -0.2) is 64.9 Å². The van der Waals surface area contributed by atoms with Gasteiger partial charge >= 0.3 is 6.02 Å². The molecular formula is C22H38N6O. The number of piperidine rings is 1. The van der Waals surface area contributed by atoms with Crippen molar-refractivity contribution < 1.29 is 4.74 Å². The monoisotopic (exact) mass is 402 g/mol. The molecule has 0 aromatic rings. The van der Waals surface area contributed by atoms with E-state index in [1.54, 1.807) is 6.08 Å². The highest BCUT2D eigenvalue weighted by Gasteiger charge is 2.40. The lowest BCUT2D eigenvalue weighted by atomic mass is 9.80. The molecule has 1 atom stereocenters. The van der Waals surface area contributed by atoms with Crippen LogP contribution in [0.1, 0.15) is 47.5 Å². The molecule has 1 saturated heterocycles. The van der Waals surface area contributed by atoms with Gasteiger partial charge in [0.25, 0.3) is 0 Å². The molecule has 0 spiro atoms. The lowest BCUT2D eigenvalue weighted by Gasteiger charge is -2.49. The van der Waals surface area contributed by atoms with E-state index in [1.807, 2.05) is 19.1 Å². The minimum Gasteiger partial charge on any atom is -0.459 e. The molecule has 2 heterocycles. The average molecular weight is 403 g/mol. The average Bonchev–Trinajstić information content (AvgIpc) is 2.59. The smallest absolute Gasteiger partial charge is 0.317 e. The largest absolute Gasteiger partial charge is 0.459 e. The minimum absolute atomic E-state index is 0.0408. The summed E-state index contributed by atoms with van der Waals surface area (Å²) in [5, 5.41) is 5.78. The summed E-state index contributed by atoms with van der Waals surface area (Å²) in [6, 6.07) is 0.656. The van der Waals surface area contributed by atoms with Crippen molar-refractivity contribution >= 4 is 11.9 Å². The Labute approximate surface area is 176 Å². The van der Waals surface area contributed by atoms with Crippen molar-refractivity contribution in [3.8, 4) is 0 Å². The first kappa shape index (κ1) is 23.3. The van der Waals surface area contributed by atoms with Crippen molar-refractivity contribution in [3.63, 3.8) is 0 Å². The topological polar surface area (TPSA) is 64.5 Å². The summed E-state index contributed by atoms with van der Waals surface area (Å²) < 4.78 is 5.65. The van der Waals surface area contributed by atoms with Gasteiger partial charge in [0.05, 0.1) is 0 Å². The van der Waals surface area contributed by atoms with Crippen LogP contribution in [0.4, 0.5) is 0 Å². The van der Waals surface area contributed by atoms with Crippen LogP contribution in [0.25, 0.3) is 0 Å². The molecule has 2 N–H and O–H groups in total. The van der Waals surface area contributed by atoms with Crippen LogP contribution < -0.4 is 10.7 Å². The highest BCUT2D eigenvalue weighted by atomic mass is 16.5. The van der Waals surface area contributed by atoms with Crippen LogP contribution in [-0.2, 0) is 4.74 Å². The lowest BCUT2D eigenvalue weighted by molar-refractivity contribution is 0.0378. The molecule has 162 valence electrons. The molecule has 0 bridgehead atoms. The van der Waals surface area contributed by atoms with Crippen molar-refractivity contribution in [1.82, 2.24) is 20.7 Å². The summed E-state index contributed by atoms with van der Waals surface area (Å²) in [5.41, 5.74) is 3.79. The summed E-state index contributed by atoms with van der Waals surface area (Å²) in [4.78, 5) is 11.5.